The van der Waals surface area contributed by atoms with E-state index in [4.69, 9.17) is 47.8 Å². The Morgan fingerprint density at radius 3 is 1.80 bits per heavy atom. The van der Waals surface area contributed by atoms with Crippen LogP contribution in [0, 0.1) is 0 Å². The van der Waals surface area contributed by atoms with E-state index in [1.807, 2.05) is 66.7 Å². The second-order valence-corrected chi connectivity index (χ2v) is 14.0. The lowest BCUT2D eigenvalue weighted by atomic mass is 10.0. The van der Waals surface area contributed by atoms with Crippen LogP contribution in [0.1, 0.15) is 70.0 Å². The van der Waals surface area contributed by atoms with E-state index in [1.165, 1.54) is 12.1 Å². The van der Waals surface area contributed by atoms with Gasteiger partial charge < -0.3 is 15.2 Å². The first-order valence-electron chi connectivity index (χ1n) is 18.2. The molecule has 302 valence electrons. The molecule has 4 N–H and O–H groups in total. The van der Waals surface area contributed by atoms with Crippen molar-refractivity contribution in [1.82, 2.24) is 0 Å². The molecule has 0 aliphatic rings. The highest BCUT2D eigenvalue weighted by Crippen LogP contribution is 2.29. The van der Waals surface area contributed by atoms with Crippen LogP contribution in [-0.4, -0.2) is 28.2 Å². The van der Waals surface area contributed by atoms with E-state index in [0.29, 0.717) is 45.1 Å². The van der Waals surface area contributed by atoms with Crippen molar-refractivity contribution in [2.24, 2.45) is 0 Å². The van der Waals surface area contributed by atoms with Crippen molar-refractivity contribution in [2.75, 3.05) is 10.8 Å². The van der Waals surface area contributed by atoms with Crippen molar-refractivity contribution < 1.29 is 49.0 Å². The van der Waals surface area contributed by atoms with Crippen LogP contribution in [0.25, 0.3) is 0 Å². The van der Waals surface area contributed by atoms with Crippen molar-refractivity contribution in [3.05, 3.63) is 199 Å². The Morgan fingerprint density at radius 2 is 1.17 bits per heavy atom. The van der Waals surface area contributed by atoms with Crippen LogP contribution in [0.2, 0.25) is 10.0 Å². The van der Waals surface area contributed by atoms with Crippen LogP contribution >= 0.6 is 23.2 Å². The molecule has 59 heavy (non-hydrogen) atoms. The van der Waals surface area contributed by atoms with Crippen LogP contribution < -0.4 is 10.8 Å². The fourth-order valence-electron chi connectivity index (χ4n) is 5.89. The Bertz CT molecular complexity index is 2400. The molecule has 6 rings (SSSR count). The number of benzene rings is 6. The van der Waals surface area contributed by atoms with E-state index in [0.717, 1.165) is 22.3 Å². The van der Waals surface area contributed by atoms with E-state index < -0.39 is 17.8 Å². The molecule has 0 fully saturated rings. The van der Waals surface area contributed by atoms with E-state index in [1.54, 1.807) is 54.6 Å². The van der Waals surface area contributed by atoms with Crippen molar-refractivity contribution in [3.63, 3.8) is 0 Å². The number of amides is 1. The molecule has 0 atom stereocenters. The van der Waals surface area contributed by atoms with Gasteiger partial charge in [-0.05, 0) is 93.9 Å². The van der Waals surface area contributed by atoms with Gasteiger partial charge in [-0.1, -0.05) is 108 Å². The summed E-state index contributed by atoms with van der Waals surface area (Å²) >= 11 is 13.2. The third kappa shape index (κ3) is 12.2. The Morgan fingerprint density at radius 1 is 0.559 bits per heavy atom. The zero-order valence-corrected chi connectivity index (χ0v) is 32.9. The summed E-state index contributed by atoms with van der Waals surface area (Å²) in [4.78, 5) is 58.7. The van der Waals surface area contributed by atoms with E-state index in [9.17, 15) is 19.5 Å². The molecule has 1 amide bonds. The molecule has 6 aromatic carbocycles. The lowest BCUT2D eigenvalue weighted by Crippen LogP contribution is -2.17. The summed E-state index contributed by atoms with van der Waals surface area (Å²) in [5.41, 5.74) is 8.84. The SMILES string of the molecule is O=C(OCc1ccccc1)c1ccc(COO)c(CONc2ccc(Cc3ccc(NC(=O)c4cc(COOCc5ccccc5)ccc4C(=O)O)c(Cl)c3)cc2Cl)c1. The molecule has 6 aromatic rings. The van der Waals surface area contributed by atoms with Gasteiger partial charge in [-0.25, -0.2) is 24.3 Å². The van der Waals surface area contributed by atoms with Crippen LogP contribution in [-0.2, 0) is 63.7 Å². The third-order valence-electron chi connectivity index (χ3n) is 8.94. The highest BCUT2D eigenvalue weighted by atomic mass is 35.5. The molecule has 0 bridgehead atoms. The van der Waals surface area contributed by atoms with Gasteiger partial charge in [-0.3, -0.25) is 20.4 Å². The number of esters is 1. The number of carboxylic acid groups (broad SMARTS) is 1. The lowest BCUT2D eigenvalue weighted by molar-refractivity contribution is -0.313. The van der Waals surface area contributed by atoms with Gasteiger partial charge in [0.15, 0.2) is 0 Å². The summed E-state index contributed by atoms with van der Waals surface area (Å²) in [6, 6.07) is 38.4. The quantitative estimate of drug-likeness (QED) is 0.0266. The normalized spacial score (nSPS) is 10.9. The monoisotopic (exact) mass is 836 g/mol. The summed E-state index contributed by atoms with van der Waals surface area (Å²) in [7, 11) is 0. The number of rotatable bonds is 19. The summed E-state index contributed by atoms with van der Waals surface area (Å²) in [6.45, 7) is 0.214. The number of halogens is 2. The fourth-order valence-corrected chi connectivity index (χ4v) is 6.38. The van der Waals surface area contributed by atoms with Crippen LogP contribution in [0.5, 0.6) is 0 Å². The van der Waals surface area contributed by atoms with Gasteiger partial charge in [0.05, 0.1) is 38.1 Å². The molecule has 0 saturated carbocycles. The summed E-state index contributed by atoms with van der Waals surface area (Å²) < 4.78 is 5.45. The lowest BCUT2D eigenvalue weighted by Gasteiger charge is -2.14. The van der Waals surface area contributed by atoms with E-state index in [2.05, 4.69) is 15.7 Å². The summed E-state index contributed by atoms with van der Waals surface area (Å²) in [5.74, 6) is -2.43. The fraction of sp³-hybridized carbons (Fsp3) is 0.133. The number of nitrogens with one attached hydrogen (secondary N) is 2. The predicted octanol–water partition coefficient (Wildman–Crippen LogP) is 10.1. The number of hydrogen-bond donors (Lipinski definition) is 4. The largest absolute Gasteiger partial charge is 0.478 e. The number of anilines is 2. The minimum absolute atomic E-state index is 0.000410. The molecular formula is C45H38Cl2N2O10. The van der Waals surface area contributed by atoms with Gasteiger partial charge in [0.25, 0.3) is 5.91 Å². The highest BCUT2D eigenvalue weighted by Gasteiger charge is 2.19. The first-order valence-corrected chi connectivity index (χ1v) is 18.9. The number of carbonyl (C=O) groups excluding carboxylic acids is 2. The minimum Gasteiger partial charge on any atom is -0.478 e. The molecule has 0 saturated heterocycles. The topological polar surface area (TPSA) is 162 Å². The maximum absolute atomic E-state index is 13.3. The molecule has 14 heteroatoms. The van der Waals surface area contributed by atoms with Gasteiger partial charge in [0.2, 0.25) is 0 Å². The minimum atomic E-state index is -1.26. The molecule has 0 aromatic heterocycles. The van der Waals surface area contributed by atoms with Gasteiger partial charge in [0, 0.05) is 0 Å². The molecule has 12 nitrogen and oxygen atoms in total. The Kier molecular flexibility index (Phi) is 15.2. The van der Waals surface area contributed by atoms with Crippen molar-refractivity contribution in [1.29, 1.82) is 0 Å². The molecule has 0 heterocycles. The Balaban J connectivity index is 1.03. The highest BCUT2D eigenvalue weighted by molar-refractivity contribution is 6.34. The maximum atomic E-state index is 13.3. The van der Waals surface area contributed by atoms with Gasteiger partial charge in [-0.2, -0.15) is 0 Å². The zero-order valence-electron chi connectivity index (χ0n) is 31.4. The molecule has 0 aliphatic carbocycles. The molecular weight excluding hydrogens is 799 g/mol. The van der Waals surface area contributed by atoms with Crippen LogP contribution in [0.4, 0.5) is 11.4 Å². The maximum Gasteiger partial charge on any atom is 0.338 e. The molecule has 0 unspecified atom stereocenters. The average Bonchev–Trinajstić information content (AvgIpc) is 3.24. The second-order valence-electron chi connectivity index (χ2n) is 13.2. The molecule has 0 aliphatic heterocycles. The van der Waals surface area contributed by atoms with Gasteiger partial charge in [0.1, 0.15) is 33.0 Å². The summed E-state index contributed by atoms with van der Waals surface area (Å²) in [6.07, 6.45) is 0.448. The number of carbonyl (C=O) groups is 3. The van der Waals surface area contributed by atoms with Gasteiger partial charge >= 0.3 is 11.9 Å². The standard InChI is InChI=1S/C45H38Cl2N2O10/c46-39-21-31(12-17-41(39)48-43(50)38-20-33(11-16-37(38)44(51)52)26-59-58-25-30-9-5-2-6-10-30)19-32-13-18-42(40(47)22-32)49-56-27-36-23-34(14-15-35(36)28-57-54)45(53)55-24-29-7-3-1-4-8-29/h1-18,20-23,49,54H,19,24-28H2,(H,48,50)(H,51,52). The average molecular weight is 838 g/mol. The van der Waals surface area contributed by atoms with Crippen molar-refractivity contribution in [2.45, 2.75) is 39.5 Å². The van der Waals surface area contributed by atoms with E-state index >= 15 is 0 Å². The van der Waals surface area contributed by atoms with Crippen LogP contribution in [0.3, 0.4) is 0 Å². The zero-order chi connectivity index (χ0) is 41.6. The number of ether oxygens (including phenoxy) is 1. The first-order chi connectivity index (χ1) is 28.7. The van der Waals surface area contributed by atoms with Crippen molar-refractivity contribution >= 4 is 52.4 Å². The first kappa shape index (κ1) is 42.5. The third-order valence-corrected chi connectivity index (χ3v) is 9.57. The van der Waals surface area contributed by atoms with Gasteiger partial charge in [-0.15, -0.1) is 0 Å². The number of carboxylic acids is 1. The second kappa shape index (κ2) is 21.1. The van der Waals surface area contributed by atoms with Crippen molar-refractivity contribution in [3.8, 4) is 0 Å². The van der Waals surface area contributed by atoms with E-state index in [-0.39, 0.29) is 49.2 Å². The Labute approximate surface area is 349 Å². The smallest absolute Gasteiger partial charge is 0.338 e. The summed E-state index contributed by atoms with van der Waals surface area (Å²) in [5, 5.41) is 22.2. The number of hydrogen-bond acceptors (Lipinski definition) is 10. The molecule has 0 spiro atoms. The Hall–Kier alpha value is -6.09. The molecule has 0 radical (unpaired) electrons. The number of aromatic carboxylic acids is 1. The predicted molar refractivity (Wildman–Crippen MR) is 221 cm³/mol. The van der Waals surface area contributed by atoms with Crippen LogP contribution in [0.15, 0.2) is 133 Å².